The molecule has 1 saturated heterocycles. The van der Waals surface area contributed by atoms with Crippen molar-refractivity contribution in [2.75, 3.05) is 12.9 Å². The predicted molar refractivity (Wildman–Crippen MR) is 154 cm³/mol. The van der Waals surface area contributed by atoms with Crippen LogP contribution < -0.4 is 10.1 Å². The van der Waals surface area contributed by atoms with Gasteiger partial charge in [-0.3, -0.25) is 14.5 Å². The Balaban J connectivity index is 1.22. The zero-order chi connectivity index (χ0) is 28.3. The number of fused-ring (bicyclic) bond motifs is 2. The van der Waals surface area contributed by atoms with Gasteiger partial charge in [0.15, 0.2) is 5.65 Å². The number of carbonyl (C=O) groups is 3. The number of hydrogen-bond donors (Lipinski definition) is 1. The number of nitrogens with zero attached hydrogens (tertiary/aromatic N) is 4. The minimum atomic E-state index is -0.729. The van der Waals surface area contributed by atoms with Crippen LogP contribution >= 0.6 is 23.5 Å². The fourth-order valence-corrected chi connectivity index (χ4v) is 7.01. The van der Waals surface area contributed by atoms with Crippen LogP contribution in [0.25, 0.3) is 5.65 Å². The standard InChI is InChI=1S/C29H25N5O5S2/c1-38-20-9-7-19(8-10-20)16-39-29(37)26-21(41-24-12-11-22-30-13-14-33(22)32-24)17-40-28-25(27(36)34(26)28)31-23(35)15-18-5-3-2-4-6-18/h2-14,25,28H,15-17H2,1H3,(H,31,35). The van der Waals surface area contributed by atoms with Gasteiger partial charge in [0.05, 0.1) is 13.5 Å². The quantitative estimate of drug-likeness (QED) is 0.232. The predicted octanol–water partition coefficient (Wildman–Crippen LogP) is 3.43. The van der Waals surface area contributed by atoms with Crippen molar-refractivity contribution in [2.24, 2.45) is 0 Å². The summed E-state index contributed by atoms with van der Waals surface area (Å²) >= 11 is 2.79. The third-order valence-electron chi connectivity index (χ3n) is 6.64. The molecule has 2 unspecified atom stereocenters. The van der Waals surface area contributed by atoms with Gasteiger partial charge in [0.2, 0.25) is 5.91 Å². The third kappa shape index (κ3) is 5.66. The Kier molecular flexibility index (Phi) is 7.66. The molecule has 4 aromatic rings. The van der Waals surface area contributed by atoms with E-state index in [9.17, 15) is 14.4 Å². The van der Waals surface area contributed by atoms with Gasteiger partial charge < -0.3 is 14.8 Å². The highest BCUT2D eigenvalue weighted by Gasteiger charge is 2.54. The van der Waals surface area contributed by atoms with Crippen LogP contribution in [0.2, 0.25) is 0 Å². The summed E-state index contributed by atoms with van der Waals surface area (Å²) in [6, 6.07) is 19.5. The first-order chi connectivity index (χ1) is 20.0. The molecule has 2 amide bonds. The van der Waals surface area contributed by atoms with Gasteiger partial charge in [-0.15, -0.1) is 11.8 Å². The lowest BCUT2D eigenvalue weighted by Crippen LogP contribution is -2.70. The molecular weight excluding hydrogens is 562 g/mol. The maximum atomic E-state index is 13.5. The lowest BCUT2D eigenvalue weighted by Gasteiger charge is -2.49. The summed E-state index contributed by atoms with van der Waals surface area (Å²) < 4.78 is 12.5. The van der Waals surface area contributed by atoms with Crippen molar-refractivity contribution in [2.45, 2.75) is 29.5 Å². The van der Waals surface area contributed by atoms with Gasteiger partial charge in [0, 0.05) is 23.1 Å². The van der Waals surface area contributed by atoms with Crippen LogP contribution in [0.1, 0.15) is 11.1 Å². The summed E-state index contributed by atoms with van der Waals surface area (Å²) in [4.78, 5) is 45.9. The Morgan fingerprint density at radius 3 is 2.66 bits per heavy atom. The van der Waals surface area contributed by atoms with E-state index in [0.717, 1.165) is 11.1 Å². The first-order valence-electron chi connectivity index (χ1n) is 12.8. The highest BCUT2D eigenvalue weighted by atomic mass is 32.2. The number of hydrogen-bond acceptors (Lipinski definition) is 9. The molecular formula is C29H25N5O5S2. The number of esters is 1. The van der Waals surface area contributed by atoms with E-state index in [1.54, 1.807) is 36.2 Å². The van der Waals surface area contributed by atoms with Crippen LogP contribution in [0, 0.1) is 0 Å². The second-order valence-corrected chi connectivity index (χ2v) is 11.5. The molecule has 208 valence electrons. The van der Waals surface area contributed by atoms with Crippen LogP contribution in [-0.2, 0) is 32.1 Å². The average Bonchev–Trinajstić information content (AvgIpc) is 3.47. The highest BCUT2D eigenvalue weighted by Crippen LogP contribution is 2.45. The maximum Gasteiger partial charge on any atom is 0.356 e. The van der Waals surface area contributed by atoms with Crippen LogP contribution in [0.5, 0.6) is 5.75 Å². The maximum absolute atomic E-state index is 13.5. The number of rotatable bonds is 9. The molecule has 0 spiro atoms. The minimum Gasteiger partial charge on any atom is -0.497 e. The number of methoxy groups -OCH3 is 1. The van der Waals surface area contributed by atoms with Crippen molar-refractivity contribution < 1.29 is 23.9 Å². The molecule has 1 N–H and O–H groups in total. The fourth-order valence-electron chi connectivity index (χ4n) is 4.58. The summed E-state index contributed by atoms with van der Waals surface area (Å²) in [6.07, 6.45) is 3.56. The Labute approximate surface area is 244 Å². The molecule has 10 nitrogen and oxygen atoms in total. The molecule has 12 heteroatoms. The van der Waals surface area contributed by atoms with Gasteiger partial charge in [-0.25, -0.2) is 14.3 Å². The van der Waals surface area contributed by atoms with Crippen LogP contribution in [-0.4, -0.2) is 61.6 Å². The summed E-state index contributed by atoms with van der Waals surface area (Å²) in [5, 5.41) is 7.64. The molecule has 6 rings (SSSR count). The Morgan fingerprint density at radius 2 is 1.88 bits per heavy atom. The summed E-state index contributed by atoms with van der Waals surface area (Å²) in [5.74, 6) is -0.0698. The van der Waals surface area contributed by atoms with E-state index < -0.39 is 17.4 Å². The Bertz CT molecular complexity index is 1640. The van der Waals surface area contributed by atoms with Crippen LogP contribution in [0.3, 0.4) is 0 Å². The van der Waals surface area contributed by atoms with E-state index in [2.05, 4.69) is 15.4 Å². The summed E-state index contributed by atoms with van der Waals surface area (Å²) in [5.41, 5.74) is 2.52. The molecule has 41 heavy (non-hydrogen) atoms. The molecule has 0 radical (unpaired) electrons. The van der Waals surface area contributed by atoms with E-state index in [1.165, 1.54) is 28.4 Å². The number of carbonyl (C=O) groups excluding carboxylic acids is 3. The van der Waals surface area contributed by atoms with Crippen molar-refractivity contribution in [3.05, 3.63) is 101 Å². The van der Waals surface area contributed by atoms with Gasteiger partial charge in [-0.2, -0.15) is 5.10 Å². The van der Waals surface area contributed by atoms with Crippen molar-refractivity contribution in [3.63, 3.8) is 0 Å². The number of benzene rings is 2. The zero-order valence-electron chi connectivity index (χ0n) is 21.9. The first kappa shape index (κ1) is 26.9. The Morgan fingerprint density at radius 1 is 1.07 bits per heavy atom. The lowest BCUT2D eigenvalue weighted by molar-refractivity contribution is -0.153. The molecule has 2 aliphatic rings. The monoisotopic (exact) mass is 587 g/mol. The molecule has 2 aromatic carbocycles. The average molecular weight is 588 g/mol. The van der Waals surface area contributed by atoms with E-state index in [4.69, 9.17) is 9.47 Å². The molecule has 2 atom stereocenters. The number of thioether (sulfide) groups is 2. The molecule has 4 heterocycles. The minimum absolute atomic E-state index is 0.0284. The SMILES string of the molecule is COc1ccc(COC(=O)C2=C(Sc3ccc4nccn4n3)CSC3C(NC(=O)Cc4ccccc4)C(=O)N23)cc1. The normalized spacial score (nSPS) is 18.1. The lowest BCUT2D eigenvalue weighted by atomic mass is 10.0. The molecule has 1 fully saturated rings. The second-order valence-electron chi connectivity index (χ2n) is 9.32. The smallest absolute Gasteiger partial charge is 0.356 e. The van der Waals surface area contributed by atoms with Crippen molar-refractivity contribution >= 4 is 47.0 Å². The summed E-state index contributed by atoms with van der Waals surface area (Å²) in [6.45, 7) is 0.0284. The molecule has 0 saturated carbocycles. The van der Waals surface area contributed by atoms with Gasteiger partial charge in [-0.05, 0) is 35.4 Å². The third-order valence-corrected chi connectivity index (χ3v) is 9.11. The first-order valence-corrected chi connectivity index (χ1v) is 14.7. The fraction of sp³-hybridized carbons (Fsp3) is 0.207. The topological polar surface area (TPSA) is 115 Å². The van der Waals surface area contributed by atoms with Crippen LogP contribution in [0.15, 0.2) is 94.8 Å². The number of nitrogens with one attached hydrogen (secondary N) is 1. The highest BCUT2D eigenvalue weighted by molar-refractivity contribution is 8.06. The van der Waals surface area contributed by atoms with Gasteiger partial charge >= 0.3 is 5.97 Å². The largest absolute Gasteiger partial charge is 0.497 e. The van der Waals surface area contributed by atoms with Crippen LogP contribution in [0.4, 0.5) is 0 Å². The Hall–Kier alpha value is -4.29. The van der Waals surface area contributed by atoms with Gasteiger partial charge in [0.1, 0.15) is 34.5 Å². The second kappa shape index (κ2) is 11.7. The number of ether oxygens (including phenoxy) is 2. The summed E-state index contributed by atoms with van der Waals surface area (Å²) in [7, 11) is 1.58. The van der Waals surface area contributed by atoms with Gasteiger partial charge in [0.25, 0.3) is 5.91 Å². The van der Waals surface area contributed by atoms with E-state index in [0.29, 0.717) is 27.1 Å². The van der Waals surface area contributed by atoms with E-state index >= 15 is 0 Å². The molecule has 2 aromatic heterocycles. The molecule has 2 aliphatic heterocycles. The number of aromatic nitrogens is 3. The van der Waals surface area contributed by atoms with Crippen molar-refractivity contribution in [3.8, 4) is 5.75 Å². The van der Waals surface area contributed by atoms with Crippen molar-refractivity contribution in [1.29, 1.82) is 0 Å². The van der Waals surface area contributed by atoms with Gasteiger partial charge in [-0.1, -0.05) is 54.2 Å². The van der Waals surface area contributed by atoms with E-state index in [1.807, 2.05) is 54.6 Å². The van der Waals surface area contributed by atoms with E-state index in [-0.39, 0.29) is 30.5 Å². The molecule has 0 aliphatic carbocycles. The van der Waals surface area contributed by atoms with Crippen molar-refractivity contribution in [1.82, 2.24) is 24.8 Å². The number of amides is 2. The zero-order valence-corrected chi connectivity index (χ0v) is 23.6. The number of β-lactam (4-membered cyclic amide) rings is 1. The molecule has 0 bridgehead atoms. The number of imidazole rings is 1.